The van der Waals surface area contributed by atoms with Gasteiger partial charge >= 0.3 is 0 Å². The first-order chi connectivity index (χ1) is 10.3. The molecule has 4 heteroatoms. The number of benzene rings is 1. The van der Waals surface area contributed by atoms with Crippen molar-refractivity contribution in [2.24, 2.45) is 0 Å². The van der Waals surface area contributed by atoms with Crippen LogP contribution in [-0.4, -0.2) is 55.2 Å². The molecule has 2 saturated heterocycles. The Morgan fingerprint density at radius 2 is 2.05 bits per heavy atom. The summed E-state index contributed by atoms with van der Waals surface area (Å²) in [7, 11) is 0. The zero-order chi connectivity index (χ0) is 14.5. The number of nitrogen functional groups attached to an aromatic ring is 1. The Labute approximate surface area is 127 Å². The first-order valence-electron chi connectivity index (χ1n) is 8.26. The average molecular weight is 289 g/mol. The van der Waals surface area contributed by atoms with Crippen LogP contribution in [-0.2, 0) is 0 Å². The SMILES string of the molecule is Nc1cccc(OCCCN2CCC(N3CCCC3)C2)c1. The van der Waals surface area contributed by atoms with Crippen LogP contribution >= 0.6 is 0 Å². The van der Waals surface area contributed by atoms with Crippen molar-refractivity contribution in [1.29, 1.82) is 0 Å². The van der Waals surface area contributed by atoms with Gasteiger partial charge in [0.15, 0.2) is 0 Å². The molecule has 0 radical (unpaired) electrons. The van der Waals surface area contributed by atoms with E-state index in [2.05, 4.69) is 9.80 Å². The van der Waals surface area contributed by atoms with Crippen LogP contribution in [0.4, 0.5) is 5.69 Å². The van der Waals surface area contributed by atoms with Crippen LogP contribution in [0.5, 0.6) is 5.75 Å². The maximum atomic E-state index is 5.76. The van der Waals surface area contributed by atoms with Crippen molar-refractivity contribution < 1.29 is 4.74 Å². The third-order valence-electron chi connectivity index (χ3n) is 4.65. The fourth-order valence-corrected chi connectivity index (χ4v) is 3.50. The number of ether oxygens (including phenoxy) is 1. The van der Waals surface area contributed by atoms with Gasteiger partial charge in [0.05, 0.1) is 6.61 Å². The van der Waals surface area contributed by atoms with Crippen molar-refractivity contribution >= 4 is 5.69 Å². The van der Waals surface area contributed by atoms with E-state index in [0.29, 0.717) is 0 Å². The molecule has 0 aromatic heterocycles. The summed E-state index contributed by atoms with van der Waals surface area (Å²) in [4.78, 5) is 5.27. The lowest BCUT2D eigenvalue weighted by Gasteiger charge is -2.23. The van der Waals surface area contributed by atoms with Crippen LogP contribution < -0.4 is 10.5 Å². The summed E-state index contributed by atoms with van der Waals surface area (Å²) in [5.41, 5.74) is 6.51. The van der Waals surface area contributed by atoms with Crippen molar-refractivity contribution in [3.8, 4) is 5.75 Å². The van der Waals surface area contributed by atoms with Gasteiger partial charge in [-0.2, -0.15) is 0 Å². The molecule has 3 rings (SSSR count). The molecular weight excluding hydrogens is 262 g/mol. The van der Waals surface area contributed by atoms with Crippen molar-refractivity contribution in [3.63, 3.8) is 0 Å². The van der Waals surface area contributed by atoms with Gasteiger partial charge < -0.3 is 15.4 Å². The lowest BCUT2D eigenvalue weighted by molar-refractivity contribution is 0.221. The maximum Gasteiger partial charge on any atom is 0.121 e. The van der Waals surface area contributed by atoms with Gasteiger partial charge in [0.2, 0.25) is 0 Å². The Kier molecular flexibility index (Phi) is 4.99. The first kappa shape index (κ1) is 14.7. The molecular formula is C17H27N3O. The second-order valence-corrected chi connectivity index (χ2v) is 6.26. The van der Waals surface area contributed by atoms with E-state index in [1.807, 2.05) is 24.3 Å². The van der Waals surface area contributed by atoms with Crippen LogP contribution in [0.3, 0.4) is 0 Å². The second-order valence-electron chi connectivity index (χ2n) is 6.26. The highest BCUT2D eigenvalue weighted by atomic mass is 16.5. The summed E-state index contributed by atoms with van der Waals surface area (Å²) in [6.07, 6.45) is 5.21. The molecule has 116 valence electrons. The standard InChI is InChI=1S/C17H27N3O/c18-15-5-3-6-17(13-15)21-12-4-8-19-11-7-16(14-19)20-9-1-2-10-20/h3,5-6,13,16H,1-2,4,7-12,14,18H2. The summed E-state index contributed by atoms with van der Waals surface area (Å²) >= 11 is 0. The average Bonchev–Trinajstić information content (AvgIpc) is 3.14. The summed E-state index contributed by atoms with van der Waals surface area (Å²) in [5.74, 6) is 0.881. The fraction of sp³-hybridized carbons (Fsp3) is 0.647. The minimum Gasteiger partial charge on any atom is -0.493 e. The molecule has 2 N–H and O–H groups in total. The molecule has 4 nitrogen and oxygen atoms in total. The number of nitrogens with zero attached hydrogens (tertiary/aromatic N) is 2. The minimum absolute atomic E-state index is 0.764. The van der Waals surface area contributed by atoms with E-state index < -0.39 is 0 Å². The highest BCUT2D eigenvalue weighted by Crippen LogP contribution is 2.20. The Bertz CT molecular complexity index is 445. The van der Waals surface area contributed by atoms with Gasteiger partial charge in [0.1, 0.15) is 5.75 Å². The molecule has 1 unspecified atom stereocenters. The Morgan fingerprint density at radius 1 is 1.19 bits per heavy atom. The highest BCUT2D eigenvalue weighted by Gasteiger charge is 2.28. The largest absolute Gasteiger partial charge is 0.493 e. The van der Waals surface area contributed by atoms with E-state index in [9.17, 15) is 0 Å². The molecule has 1 aromatic carbocycles. The number of nitrogens with two attached hydrogens (primary N) is 1. The number of anilines is 1. The van der Waals surface area contributed by atoms with Gasteiger partial charge in [-0.05, 0) is 57.5 Å². The molecule has 2 fully saturated rings. The van der Waals surface area contributed by atoms with E-state index in [1.165, 1.54) is 45.4 Å². The van der Waals surface area contributed by atoms with Crippen LogP contribution in [0.15, 0.2) is 24.3 Å². The number of hydrogen-bond acceptors (Lipinski definition) is 4. The molecule has 0 bridgehead atoms. The van der Waals surface area contributed by atoms with E-state index in [-0.39, 0.29) is 0 Å². The fourth-order valence-electron chi connectivity index (χ4n) is 3.50. The lowest BCUT2D eigenvalue weighted by Crippen LogP contribution is -2.35. The Balaban J connectivity index is 1.33. The normalized spacial score (nSPS) is 23.7. The van der Waals surface area contributed by atoms with Gasteiger partial charge in [-0.25, -0.2) is 0 Å². The van der Waals surface area contributed by atoms with Gasteiger partial charge in [-0.1, -0.05) is 6.07 Å². The molecule has 1 atom stereocenters. The molecule has 1 aromatic rings. The summed E-state index contributed by atoms with van der Waals surface area (Å²) in [6.45, 7) is 7.05. The topological polar surface area (TPSA) is 41.7 Å². The molecule has 21 heavy (non-hydrogen) atoms. The summed E-state index contributed by atoms with van der Waals surface area (Å²) in [6, 6.07) is 8.48. The maximum absolute atomic E-state index is 5.76. The van der Waals surface area contributed by atoms with Crippen molar-refractivity contribution in [2.45, 2.75) is 31.7 Å². The van der Waals surface area contributed by atoms with E-state index >= 15 is 0 Å². The van der Waals surface area contributed by atoms with Crippen molar-refractivity contribution in [1.82, 2.24) is 9.80 Å². The molecule has 2 aliphatic heterocycles. The monoisotopic (exact) mass is 289 g/mol. The lowest BCUT2D eigenvalue weighted by atomic mass is 10.2. The number of likely N-dealkylation sites (tertiary alicyclic amines) is 2. The predicted octanol–water partition coefficient (Wildman–Crippen LogP) is 2.21. The van der Waals surface area contributed by atoms with E-state index in [1.54, 1.807) is 0 Å². The van der Waals surface area contributed by atoms with Crippen molar-refractivity contribution in [2.75, 3.05) is 45.1 Å². The second kappa shape index (κ2) is 7.14. The molecule has 0 amide bonds. The zero-order valence-electron chi connectivity index (χ0n) is 12.8. The third-order valence-corrected chi connectivity index (χ3v) is 4.65. The third kappa shape index (κ3) is 4.11. The molecule has 2 aliphatic rings. The predicted molar refractivity (Wildman–Crippen MR) is 86.6 cm³/mol. The summed E-state index contributed by atoms with van der Waals surface area (Å²) in [5, 5.41) is 0. The Hall–Kier alpha value is -1.26. The molecule has 2 heterocycles. The first-order valence-corrected chi connectivity index (χ1v) is 8.26. The molecule has 0 saturated carbocycles. The quantitative estimate of drug-likeness (QED) is 0.644. The van der Waals surface area contributed by atoms with Crippen LogP contribution in [0.1, 0.15) is 25.7 Å². The summed E-state index contributed by atoms with van der Waals surface area (Å²) < 4.78 is 5.76. The highest BCUT2D eigenvalue weighted by molar-refractivity contribution is 5.43. The van der Waals surface area contributed by atoms with Crippen molar-refractivity contribution in [3.05, 3.63) is 24.3 Å². The van der Waals surface area contributed by atoms with Gasteiger partial charge in [-0.3, -0.25) is 4.90 Å². The Morgan fingerprint density at radius 3 is 2.86 bits per heavy atom. The molecule has 0 aliphatic carbocycles. The van der Waals surface area contributed by atoms with E-state index in [0.717, 1.165) is 37.1 Å². The van der Waals surface area contributed by atoms with Gasteiger partial charge in [0.25, 0.3) is 0 Å². The smallest absolute Gasteiger partial charge is 0.121 e. The molecule has 0 spiro atoms. The van der Waals surface area contributed by atoms with Gasteiger partial charge in [-0.15, -0.1) is 0 Å². The van der Waals surface area contributed by atoms with Crippen LogP contribution in [0.2, 0.25) is 0 Å². The van der Waals surface area contributed by atoms with E-state index in [4.69, 9.17) is 10.5 Å². The van der Waals surface area contributed by atoms with Gasteiger partial charge in [0, 0.05) is 30.9 Å². The number of rotatable bonds is 6. The van der Waals surface area contributed by atoms with Crippen LogP contribution in [0.25, 0.3) is 0 Å². The van der Waals surface area contributed by atoms with Crippen LogP contribution in [0, 0.1) is 0 Å². The minimum atomic E-state index is 0.764. The zero-order valence-corrected chi connectivity index (χ0v) is 12.8. The number of hydrogen-bond donors (Lipinski definition) is 1.